The van der Waals surface area contributed by atoms with Crippen molar-refractivity contribution in [3.05, 3.63) is 82.7 Å². The van der Waals surface area contributed by atoms with Crippen molar-refractivity contribution in [2.24, 2.45) is 0 Å². The number of para-hydroxylation sites is 1. The highest BCUT2D eigenvalue weighted by atomic mass is 19.1. The van der Waals surface area contributed by atoms with E-state index in [1.54, 1.807) is 36.3 Å². The molecule has 0 saturated carbocycles. The maximum absolute atomic E-state index is 14.8. The van der Waals surface area contributed by atoms with Crippen molar-refractivity contribution < 1.29 is 28.6 Å². The number of benzene rings is 3. The summed E-state index contributed by atoms with van der Waals surface area (Å²) in [5, 5.41) is 12.1. The normalized spacial score (nSPS) is 12.6. The highest BCUT2D eigenvalue weighted by molar-refractivity contribution is 5.79. The molecule has 0 saturated heterocycles. The smallest absolute Gasteiger partial charge is 0.317 e. The third-order valence-corrected chi connectivity index (χ3v) is 6.26. The molecule has 8 heteroatoms. The predicted molar refractivity (Wildman–Crippen MR) is 134 cm³/mol. The molecular formula is C28H29FN2O5. The molecule has 36 heavy (non-hydrogen) atoms. The number of carboxylic acid groups (broad SMARTS) is 1. The average molecular weight is 493 g/mol. The molecule has 2 N–H and O–H groups in total. The number of carbonyl (C=O) groups excluding carboxylic acids is 1. The maximum atomic E-state index is 14.8. The summed E-state index contributed by atoms with van der Waals surface area (Å²) in [5.41, 5.74) is 4.28. The Kier molecular flexibility index (Phi) is 7.73. The lowest BCUT2D eigenvalue weighted by atomic mass is 9.90. The Morgan fingerprint density at radius 1 is 1.06 bits per heavy atom. The van der Waals surface area contributed by atoms with Crippen molar-refractivity contribution in [3.8, 4) is 22.6 Å². The molecule has 7 nitrogen and oxygen atoms in total. The third-order valence-electron chi connectivity index (χ3n) is 6.26. The Morgan fingerprint density at radius 3 is 2.58 bits per heavy atom. The first kappa shape index (κ1) is 25.0. The van der Waals surface area contributed by atoms with E-state index in [-0.39, 0.29) is 24.8 Å². The number of nitrogens with zero attached hydrogens (tertiary/aromatic N) is 1. The Balaban J connectivity index is 1.61. The number of nitrogens with one attached hydrogen (secondary N) is 1. The van der Waals surface area contributed by atoms with Gasteiger partial charge in [-0.1, -0.05) is 36.4 Å². The quantitative estimate of drug-likeness (QED) is 0.472. The topological polar surface area (TPSA) is 88.1 Å². The number of halogens is 1. The van der Waals surface area contributed by atoms with Gasteiger partial charge in [-0.25, -0.2) is 9.18 Å². The minimum absolute atomic E-state index is 0.123. The summed E-state index contributed by atoms with van der Waals surface area (Å²) in [6.45, 7) is 3.18. The first-order valence-electron chi connectivity index (χ1n) is 11.8. The zero-order chi connectivity index (χ0) is 25.7. The van der Waals surface area contributed by atoms with Crippen LogP contribution in [0.3, 0.4) is 0 Å². The number of rotatable bonds is 8. The van der Waals surface area contributed by atoms with Crippen LogP contribution in [-0.2, 0) is 30.7 Å². The van der Waals surface area contributed by atoms with Crippen molar-refractivity contribution in [2.75, 3.05) is 20.3 Å². The zero-order valence-corrected chi connectivity index (χ0v) is 20.3. The Hall–Kier alpha value is -4.07. The lowest BCUT2D eigenvalue weighted by Gasteiger charge is -2.31. The maximum Gasteiger partial charge on any atom is 0.317 e. The summed E-state index contributed by atoms with van der Waals surface area (Å²) in [4.78, 5) is 25.9. The van der Waals surface area contributed by atoms with Gasteiger partial charge in [-0.2, -0.15) is 0 Å². The number of carboxylic acids is 1. The lowest BCUT2D eigenvalue weighted by Crippen LogP contribution is -2.42. The van der Waals surface area contributed by atoms with Crippen LogP contribution in [0.4, 0.5) is 9.18 Å². The van der Waals surface area contributed by atoms with Crippen LogP contribution in [0, 0.1) is 5.82 Å². The number of hydrogen-bond donors (Lipinski definition) is 2. The van der Waals surface area contributed by atoms with E-state index in [1.165, 1.54) is 6.07 Å². The Morgan fingerprint density at radius 2 is 1.83 bits per heavy atom. The van der Waals surface area contributed by atoms with Gasteiger partial charge in [0.1, 0.15) is 17.3 Å². The molecule has 1 aliphatic rings. The number of fused-ring (bicyclic) bond motifs is 1. The minimum atomic E-state index is -0.931. The first-order chi connectivity index (χ1) is 17.4. The van der Waals surface area contributed by atoms with Gasteiger partial charge in [-0.3, -0.25) is 4.79 Å². The van der Waals surface area contributed by atoms with Crippen LogP contribution in [-0.4, -0.2) is 42.3 Å². The molecule has 3 aromatic carbocycles. The number of urea groups is 1. The van der Waals surface area contributed by atoms with Crippen LogP contribution in [0.25, 0.3) is 11.1 Å². The summed E-state index contributed by atoms with van der Waals surface area (Å²) in [6, 6.07) is 15.6. The molecule has 0 atom stereocenters. The molecule has 0 aromatic heterocycles. The van der Waals surface area contributed by atoms with Crippen LogP contribution >= 0.6 is 0 Å². The summed E-state index contributed by atoms with van der Waals surface area (Å²) >= 11 is 0. The van der Waals surface area contributed by atoms with E-state index >= 15 is 0 Å². The number of hydrogen-bond acceptors (Lipinski definition) is 4. The zero-order valence-electron chi connectivity index (χ0n) is 20.3. The van der Waals surface area contributed by atoms with Crippen molar-refractivity contribution in [1.29, 1.82) is 0 Å². The van der Waals surface area contributed by atoms with E-state index in [9.17, 15) is 14.0 Å². The van der Waals surface area contributed by atoms with E-state index < -0.39 is 5.97 Å². The van der Waals surface area contributed by atoms with E-state index in [1.807, 2.05) is 31.2 Å². The number of ether oxygens (including phenoxy) is 2. The molecule has 0 radical (unpaired) electrons. The fourth-order valence-electron chi connectivity index (χ4n) is 4.54. The standard InChI is InChI=1S/C28H29FN2O5/c1-3-36-26-14-18(15-27(32)33)8-9-22(26)20-10-11-24(29)21-12-13-31(17-23(20)21)28(34)30-16-19-6-4-5-7-25(19)35-2/h4-11,14H,3,12-13,15-17H2,1-2H3,(H,30,34)(H,32,33). The average Bonchev–Trinajstić information content (AvgIpc) is 2.88. The molecule has 3 aromatic rings. The second kappa shape index (κ2) is 11.1. The van der Waals surface area contributed by atoms with Crippen molar-refractivity contribution in [2.45, 2.75) is 32.9 Å². The summed E-state index contributed by atoms with van der Waals surface area (Å²) in [5.74, 6) is -0.00817. The van der Waals surface area contributed by atoms with Crippen LogP contribution in [0.2, 0.25) is 0 Å². The minimum Gasteiger partial charge on any atom is -0.496 e. The number of carbonyl (C=O) groups is 2. The van der Waals surface area contributed by atoms with Crippen LogP contribution in [0.15, 0.2) is 54.6 Å². The molecule has 1 heterocycles. The van der Waals surface area contributed by atoms with Crippen LogP contribution < -0.4 is 14.8 Å². The van der Waals surface area contributed by atoms with Gasteiger partial charge in [0, 0.05) is 30.8 Å². The monoisotopic (exact) mass is 492 g/mol. The van der Waals surface area contributed by atoms with E-state index in [0.717, 1.165) is 22.3 Å². The van der Waals surface area contributed by atoms with Gasteiger partial charge in [0.25, 0.3) is 0 Å². The predicted octanol–water partition coefficient (Wildman–Crippen LogP) is 4.80. The Labute approximate surface area is 209 Å². The van der Waals surface area contributed by atoms with Gasteiger partial charge in [0.15, 0.2) is 0 Å². The lowest BCUT2D eigenvalue weighted by molar-refractivity contribution is -0.136. The fraction of sp³-hybridized carbons (Fsp3) is 0.286. The molecule has 0 aliphatic carbocycles. The van der Waals surface area contributed by atoms with Crippen molar-refractivity contribution >= 4 is 12.0 Å². The summed E-state index contributed by atoms with van der Waals surface area (Å²) in [7, 11) is 1.59. The van der Waals surface area contributed by atoms with Gasteiger partial charge in [0.05, 0.1) is 20.1 Å². The molecule has 0 bridgehead atoms. The molecule has 4 rings (SSSR count). The van der Waals surface area contributed by atoms with E-state index in [0.29, 0.717) is 48.7 Å². The highest BCUT2D eigenvalue weighted by Gasteiger charge is 2.26. The molecule has 188 valence electrons. The molecular weight excluding hydrogens is 463 g/mol. The van der Waals surface area contributed by atoms with Crippen molar-refractivity contribution in [3.63, 3.8) is 0 Å². The second-order valence-corrected chi connectivity index (χ2v) is 8.53. The second-order valence-electron chi connectivity index (χ2n) is 8.53. The molecule has 0 spiro atoms. The SMILES string of the molecule is CCOc1cc(CC(=O)O)ccc1-c1ccc(F)c2c1CN(C(=O)NCc1ccccc1OC)CC2. The Bertz CT molecular complexity index is 1280. The van der Waals surface area contributed by atoms with E-state index in [4.69, 9.17) is 14.6 Å². The first-order valence-corrected chi connectivity index (χ1v) is 11.8. The summed E-state index contributed by atoms with van der Waals surface area (Å²) < 4.78 is 26.0. The molecule has 2 amide bonds. The largest absolute Gasteiger partial charge is 0.496 e. The molecule has 0 unspecified atom stereocenters. The number of amides is 2. The van der Waals surface area contributed by atoms with Gasteiger partial charge in [-0.05, 0) is 53.8 Å². The van der Waals surface area contributed by atoms with Crippen LogP contribution in [0.5, 0.6) is 11.5 Å². The number of aliphatic carboxylic acids is 1. The van der Waals surface area contributed by atoms with Crippen molar-refractivity contribution in [1.82, 2.24) is 10.2 Å². The van der Waals surface area contributed by atoms with Crippen LogP contribution in [0.1, 0.15) is 29.2 Å². The third kappa shape index (κ3) is 5.43. The summed E-state index contributed by atoms with van der Waals surface area (Å²) in [6.07, 6.45) is 0.264. The van der Waals surface area contributed by atoms with Gasteiger partial charge >= 0.3 is 12.0 Å². The van der Waals surface area contributed by atoms with Gasteiger partial charge in [0.2, 0.25) is 0 Å². The van der Waals surface area contributed by atoms with E-state index in [2.05, 4.69) is 5.32 Å². The molecule has 0 fully saturated rings. The molecule has 1 aliphatic heterocycles. The fourth-order valence-corrected chi connectivity index (χ4v) is 4.54. The highest BCUT2D eigenvalue weighted by Crippen LogP contribution is 2.38. The van der Waals surface area contributed by atoms with Gasteiger partial charge in [-0.15, -0.1) is 0 Å². The number of methoxy groups -OCH3 is 1. The van der Waals surface area contributed by atoms with Gasteiger partial charge < -0.3 is 24.8 Å².